The van der Waals surface area contributed by atoms with Gasteiger partial charge in [-0.15, -0.1) is 0 Å². The van der Waals surface area contributed by atoms with Crippen LogP contribution < -0.4 is 5.32 Å². The van der Waals surface area contributed by atoms with Gasteiger partial charge >= 0.3 is 5.97 Å². The lowest BCUT2D eigenvalue weighted by Gasteiger charge is -2.26. The van der Waals surface area contributed by atoms with E-state index in [-0.39, 0.29) is 12.3 Å². The van der Waals surface area contributed by atoms with E-state index in [9.17, 15) is 19.1 Å². The summed E-state index contributed by atoms with van der Waals surface area (Å²) in [5, 5.41) is 15.9. The number of nitrogens with one attached hydrogen (secondary N) is 1. The Bertz CT molecular complexity index is 655. The Labute approximate surface area is 131 Å². The maximum atomic E-state index is 13.0. The van der Waals surface area contributed by atoms with Crippen molar-refractivity contribution in [3.63, 3.8) is 0 Å². The molecule has 1 unspecified atom stereocenters. The highest BCUT2D eigenvalue weighted by atomic mass is 32.1. The summed E-state index contributed by atoms with van der Waals surface area (Å²) in [6.07, 6.45) is 0.745. The van der Waals surface area contributed by atoms with E-state index < -0.39 is 17.3 Å². The average Bonchev–Trinajstić information content (AvgIpc) is 2.98. The van der Waals surface area contributed by atoms with Crippen molar-refractivity contribution in [3.8, 4) is 0 Å². The summed E-state index contributed by atoms with van der Waals surface area (Å²) in [5.41, 5.74) is -0.219. The molecule has 1 aromatic heterocycles. The standard InChI is InChI=1S/C16H16FNO3S/c1-16(15(20)21,12-3-5-13(17)6-4-12)18-14(19)7-2-11-8-9-22-10-11/h3-6,8-10H,2,7H2,1H3,(H,18,19)(H,20,21). The van der Waals surface area contributed by atoms with Crippen LogP contribution in [0.15, 0.2) is 41.1 Å². The molecule has 6 heteroatoms. The summed E-state index contributed by atoms with van der Waals surface area (Å²) in [6, 6.07) is 7.00. The van der Waals surface area contributed by atoms with Gasteiger partial charge in [-0.1, -0.05) is 12.1 Å². The Hall–Kier alpha value is -2.21. The Kier molecular flexibility index (Phi) is 4.92. The first-order valence-corrected chi connectivity index (χ1v) is 7.67. The molecule has 1 heterocycles. The number of carbonyl (C=O) groups is 2. The molecule has 2 aromatic rings. The molecule has 2 rings (SSSR count). The highest BCUT2D eigenvalue weighted by molar-refractivity contribution is 7.07. The molecule has 4 nitrogen and oxygen atoms in total. The molecule has 0 saturated carbocycles. The van der Waals surface area contributed by atoms with Crippen LogP contribution in [0.25, 0.3) is 0 Å². The molecule has 0 bridgehead atoms. The lowest BCUT2D eigenvalue weighted by atomic mass is 9.91. The summed E-state index contributed by atoms with van der Waals surface area (Å²) >= 11 is 1.55. The van der Waals surface area contributed by atoms with Crippen LogP contribution in [0.2, 0.25) is 0 Å². The molecule has 0 aliphatic heterocycles. The Balaban J connectivity index is 2.09. The van der Waals surface area contributed by atoms with Gasteiger partial charge in [0.05, 0.1) is 0 Å². The lowest BCUT2D eigenvalue weighted by Crippen LogP contribution is -2.49. The van der Waals surface area contributed by atoms with Gasteiger partial charge in [0.1, 0.15) is 5.82 Å². The number of benzene rings is 1. The van der Waals surface area contributed by atoms with E-state index in [0.29, 0.717) is 12.0 Å². The third-order valence-corrected chi connectivity index (χ3v) is 4.19. The minimum absolute atomic E-state index is 0.195. The third kappa shape index (κ3) is 3.71. The Morgan fingerprint density at radius 1 is 1.27 bits per heavy atom. The van der Waals surface area contributed by atoms with E-state index in [4.69, 9.17) is 0 Å². The fourth-order valence-corrected chi connectivity index (χ4v) is 2.77. The highest BCUT2D eigenvalue weighted by Gasteiger charge is 2.36. The maximum absolute atomic E-state index is 13.0. The van der Waals surface area contributed by atoms with Crippen LogP contribution in [0.5, 0.6) is 0 Å². The first-order valence-electron chi connectivity index (χ1n) is 6.73. The van der Waals surface area contributed by atoms with Crippen molar-refractivity contribution in [1.82, 2.24) is 5.32 Å². The number of thiophene rings is 1. The van der Waals surface area contributed by atoms with Crippen LogP contribution in [0.1, 0.15) is 24.5 Å². The van der Waals surface area contributed by atoms with E-state index in [1.807, 2.05) is 16.8 Å². The van der Waals surface area contributed by atoms with E-state index in [2.05, 4.69) is 5.32 Å². The number of carbonyl (C=O) groups excluding carboxylic acids is 1. The van der Waals surface area contributed by atoms with Crippen molar-refractivity contribution >= 4 is 23.2 Å². The van der Waals surface area contributed by atoms with Gasteiger partial charge in [0, 0.05) is 6.42 Å². The van der Waals surface area contributed by atoms with Gasteiger partial charge in [-0.3, -0.25) is 4.79 Å². The molecule has 1 aromatic carbocycles. The van der Waals surface area contributed by atoms with E-state index in [0.717, 1.165) is 5.56 Å². The number of aliphatic carboxylic acids is 1. The predicted octanol–water partition coefficient (Wildman–Crippen LogP) is 2.94. The maximum Gasteiger partial charge on any atom is 0.333 e. The second-order valence-electron chi connectivity index (χ2n) is 5.12. The summed E-state index contributed by atoms with van der Waals surface area (Å²) in [4.78, 5) is 23.6. The molecule has 1 atom stereocenters. The fraction of sp³-hybridized carbons (Fsp3) is 0.250. The van der Waals surface area contributed by atoms with E-state index in [1.165, 1.54) is 31.2 Å². The van der Waals surface area contributed by atoms with Crippen molar-refractivity contribution in [3.05, 3.63) is 58.0 Å². The van der Waals surface area contributed by atoms with E-state index >= 15 is 0 Å². The van der Waals surface area contributed by atoms with E-state index in [1.54, 1.807) is 11.3 Å². The van der Waals surface area contributed by atoms with Crippen LogP contribution in [0, 0.1) is 5.82 Å². The first kappa shape index (κ1) is 16.2. The first-order chi connectivity index (χ1) is 10.4. The molecule has 2 N–H and O–H groups in total. The van der Waals surface area contributed by atoms with Gasteiger partial charge in [0.25, 0.3) is 0 Å². The van der Waals surface area contributed by atoms with Crippen molar-refractivity contribution < 1.29 is 19.1 Å². The second-order valence-corrected chi connectivity index (χ2v) is 5.90. The zero-order chi connectivity index (χ0) is 16.2. The number of rotatable bonds is 6. The molecular weight excluding hydrogens is 305 g/mol. The Morgan fingerprint density at radius 2 is 1.95 bits per heavy atom. The number of carboxylic acid groups (broad SMARTS) is 1. The summed E-state index contributed by atoms with van der Waals surface area (Å²) in [7, 11) is 0. The minimum Gasteiger partial charge on any atom is -0.479 e. The highest BCUT2D eigenvalue weighted by Crippen LogP contribution is 2.22. The SMILES string of the molecule is CC(NC(=O)CCc1ccsc1)(C(=O)O)c1ccc(F)cc1. The number of amides is 1. The van der Waals surface area contributed by atoms with Gasteiger partial charge in [-0.2, -0.15) is 11.3 Å². The quantitative estimate of drug-likeness (QED) is 0.859. The van der Waals surface area contributed by atoms with Crippen molar-refractivity contribution in [2.75, 3.05) is 0 Å². The zero-order valence-corrected chi connectivity index (χ0v) is 12.8. The number of hydrogen-bond acceptors (Lipinski definition) is 3. The van der Waals surface area contributed by atoms with Crippen molar-refractivity contribution in [2.24, 2.45) is 0 Å². The molecule has 22 heavy (non-hydrogen) atoms. The number of halogens is 1. The topological polar surface area (TPSA) is 66.4 Å². The normalized spacial score (nSPS) is 13.4. The Morgan fingerprint density at radius 3 is 2.50 bits per heavy atom. The minimum atomic E-state index is -1.58. The van der Waals surface area contributed by atoms with Crippen LogP contribution >= 0.6 is 11.3 Å². The van der Waals surface area contributed by atoms with Crippen LogP contribution in [-0.4, -0.2) is 17.0 Å². The molecule has 0 fully saturated rings. The summed E-state index contributed by atoms with van der Waals surface area (Å²) in [6.45, 7) is 1.39. The molecular formula is C16H16FNO3S. The fourth-order valence-electron chi connectivity index (χ4n) is 2.07. The predicted molar refractivity (Wildman–Crippen MR) is 82.2 cm³/mol. The molecule has 116 valence electrons. The molecule has 1 amide bonds. The molecule has 0 aliphatic rings. The number of carboxylic acids is 1. The van der Waals surface area contributed by atoms with Gasteiger partial charge in [0.15, 0.2) is 5.54 Å². The average molecular weight is 321 g/mol. The number of aryl methyl sites for hydroxylation is 1. The van der Waals surface area contributed by atoms with Gasteiger partial charge in [0.2, 0.25) is 5.91 Å². The van der Waals surface area contributed by atoms with Gasteiger partial charge < -0.3 is 10.4 Å². The monoisotopic (exact) mass is 321 g/mol. The van der Waals surface area contributed by atoms with Crippen molar-refractivity contribution in [1.29, 1.82) is 0 Å². The summed E-state index contributed by atoms with van der Waals surface area (Å²) in [5.74, 6) is -2.01. The lowest BCUT2D eigenvalue weighted by molar-refractivity contribution is -0.147. The molecule has 0 radical (unpaired) electrons. The molecule has 0 spiro atoms. The largest absolute Gasteiger partial charge is 0.479 e. The molecule has 0 aliphatic carbocycles. The van der Waals surface area contributed by atoms with Crippen LogP contribution in [0.3, 0.4) is 0 Å². The van der Waals surface area contributed by atoms with Gasteiger partial charge in [-0.05, 0) is 53.4 Å². The second kappa shape index (κ2) is 6.70. The smallest absolute Gasteiger partial charge is 0.333 e. The van der Waals surface area contributed by atoms with Crippen LogP contribution in [-0.2, 0) is 21.5 Å². The van der Waals surface area contributed by atoms with Gasteiger partial charge in [-0.25, -0.2) is 9.18 Å². The zero-order valence-electron chi connectivity index (χ0n) is 12.0. The molecule has 0 saturated heterocycles. The van der Waals surface area contributed by atoms with Crippen LogP contribution in [0.4, 0.5) is 4.39 Å². The van der Waals surface area contributed by atoms with Crippen molar-refractivity contribution in [2.45, 2.75) is 25.3 Å². The summed E-state index contributed by atoms with van der Waals surface area (Å²) < 4.78 is 13.0. The number of hydrogen-bond donors (Lipinski definition) is 2. The third-order valence-electron chi connectivity index (χ3n) is 3.46.